The Morgan fingerprint density at radius 1 is 0.903 bits per heavy atom. The molecule has 3 aromatic rings. The average molecular weight is 416 g/mol. The minimum absolute atomic E-state index is 0.286. The second kappa shape index (κ2) is 7.12. The highest BCUT2D eigenvalue weighted by Gasteiger charge is 2.36. The molecule has 2 amide bonds. The Kier molecular flexibility index (Phi) is 4.39. The zero-order chi connectivity index (χ0) is 21.7. The number of ketones is 1. The maximum atomic E-state index is 13.1. The van der Waals surface area contributed by atoms with Gasteiger partial charge in [-0.2, -0.15) is 0 Å². The summed E-state index contributed by atoms with van der Waals surface area (Å²) >= 11 is 0. The van der Waals surface area contributed by atoms with Crippen molar-refractivity contribution >= 4 is 17.6 Å². The van der Waals surface area contributed by atoms with Crippen LogP contribution in [0.25, 0.3) is 5.69 Å². The molecule has 0 radical (unpaired) electrons. The summed E-state index contributed by atoms with van der Waals surface area (Å²) in [6.45, 7) is 4.47. The van der Waals surface area contributed by atoms with Gasteiger partial charge in [-0.1, -0.05) is 12.1 Å². The van der Waals surface area contributed by atoms with Gasteiger partial charge in [0.25, 0.3) is 11.8 Å². The summed E-state index contributed by atoms with van der Waals surface area (Å²) in [5, 5.41) is 0. The molecule has 0 unspecified atom stereocenters. The molecule has 0 saturated heterocycles. The van der Waals surface area contributed by atoms with Crippen molar-refractivity contribution < 1.29 is 23.9 Å². The maximum Gasteiger partial charge on any atom is 0.261 e. The molecule has 3 heterocycles. The molecule has 5 rings (SSSR count). The van der Waals surface area contributed by atoms with Crippen molar-refractivity contribution in [3.8, 4) is 17.2 Å². The number of carbonyl (C=O) groups is 3. The number of rotatable bonds is 4. The largest absolute Gasteiger partial charge is 0.486 e. The van der Waals surface area contributed by atoms with Crippen LogP contribution in [0.3, 0.4) is 0 Å². The van der Waals surface area contributed by atoms with E-state index in [1.54, 1.807) is 30.3 Å². The van der Waals surface area contributed by atoms with E-state index in [0.29, 0.717) is 41.4 Å². The molecular formula is C24H20N2O5. The lowest BCUT2D eigenvalue weighted by atomic mass is 10.1. The highest BCUT2D eigenvalue weighted by molar-refractivity contribution is 6.23. The molecule has 156 valence electrons. The first-order valence-corrected chi connectivity index (χ1v) is 10.0. The Balaban J connectivity index is 1.44. The predicted molar refractivity (Wildman–Crippen MR) is 112 cm³/mol. The van der Waals surface area contributed by atoms with Gasteiger partial charge < -0.3 is 14.0 Å². The Morgan fingerprint density at radius 2 is 1.55 bits per heavy atom. The zero-order valence-corrected chi connectivity index (χ0v) is 17.2. The summed E-state index contributed by atoms with van der Waals surface area (Å²) in [5.41, 5.74) is 3.59. The van der Waals surface area contributed by atoms with Gasteiger partial charge in [0, 0.05) is 28.7 Å². The number of Topliss-reactive ketones (excluding diaryl/α,β-unsaturated/α-hetero) is 1. The molecule has 2 aliphatic rings. The van der Waals surface area contributed by atoms with Crippen LogP contribution in [-0.4, -0.2) is 46.8 Å². The van der Waals surface area contributed by atoms with E-state index in [2.05, 4.69) is 0 Å². The SMILES string of the molecule is Cc1cc(C(=O)CN2C(=O)c3ccccc3C2=O)c(C)n1-c1ccc2c(c1)OCCO2. The minimum atomic E-state index is -0.436. The second-order valence-electron chi connectivity index (χ2n) is 7.61. The lowest BCUT2D eigenvalue weighted by Crippen LogP contribution is -2.35. The van der Waals surface area contributed by atoms with Gasteiger partial charge in [0.15, 0.2) is 17.3 Å². The first-order valence-electron chi connectivity index (χ1n) is 10.0. The van der Waals surface area contributed by atoms with E-state index in [1.165, 1.54) is 0 Å². The molecule has 1 aromatic heterocycles. The van der Waals surface area contributed by atoms with E-state index >= 15 is 0 Å². The average Bonchev–Trinajstić information content (AvgIpc) is 3.21. The van der Waals surface area contributed by atoms with Crippen molar-refractivity contribution in [1.29, 1.82) is 0 Å². The summed E-state index contributed by atoms with van der Waals surface area (Å²) in [7, 11) is 0. The summed E-state index contributed by atoms with van der Waals surface area (Å²) in [6, 6.07) is 14.0. The number of nitrogens with zero attached hydrogens (tertiary/aromatic N) is 2. The highest BCUT2D eigenvalue weighted by Crippen LogP contribution is 2.33. The van der Waals surface area contributed by atoms with Crippen LogP contribution in [0.1, 0.15) is 42.5 Å². The maximum absolute atomic E-state index is 13.1. The normalized spacial score (nSPS) is 14.7. The molecule has 2 aliphatic heterocycles. The molecule has 0 bridgehead atoms. The summed E-state index contributed by atoms with van der Waals surface area (Å²) in [5.74, 6) is 0.199. The first kappa shape index (κ1) is 19.1. The molecule has 0 N–H and O–H groups in total. The number of hydrogen-bond donors (Lipinski definition) is 0. The van der Waals surface area contributed by atoms with Gasteiger partial charge in [0.05, 0.1) is 17.7 Å². The number of ether oxygens (including phenoxy) is 2. The number of amides is 2. The van der Waals surface area contributed by atoms with Gasteiger partial charge in [-0.05, 0) is 44.2 Å². The smallest absolute Gasteiger partial charge is 0.261 e. The standard InChI is InChI=1S/C24H20N2O5/c1-14-11-19(15(2)26(14)16-7-8-21-22(12-16)31-10-9-30-21)20(27)13-25-23(28)17-5-3-4-6-18(17)24(25)29/h3-8,11-12H,9-10,13H2,1-2H3. The lowest BCUT2D eigenvalue weighted by molar-refractivity contribution is 0.0624. The molecule has 0 aliphatic carbocycles. The van der Waals surface area contributed by atoms with Crippen LogP contribution >= 0.6 is 0 Å². The highest BCUT2D eigenvalue weighted by atomic mass is 16.6. The number of carbonyl (C=O) groups excluding carboxylic acids is 3. The Morgan fingerprint density at radius 3 is 2.23 bits per heavy atom. The van der Waals surface area contributed by atoms with Crippen molar-refractivity contribution in [3.05, 3.63) is 76.6 Å². The van der Waals surface area contributed by atoms with Crippen LogP contribution in [0.15, 0.2) is 48.5 Å². The number of aryl methyl sites for hydroxylation is 1. The van der Waals surface area contributed by atoms with Crippen LogP contribution in [0.5, 0.6) is 11.5 Å². The molecule has 31 heavy (non-hydrogen) atoms. The molecule has 2 aromatic carbocycles. The molecule has 0 atom stereocenters. The molecule has 0 saturated carbocycles. The summed E-state index contributed by atoms with van der Waals surface area (Å²) in [6.07, 6.45) is 0. The molecular weight excluding hydrogens is 396 g/mol. The van der Waals surface area contributed by atoms with Gasteiger partial charge >= 0.3 is 0 Å². The zero-order valence-electron chi connectivity index (χ0n) is 17.2. The fraction of sp³-hybridized carbons (Fsp3) is 0.208. The Hall–Kier alpha value is -3.87. The third kappa shape index (κ3) is 3.01. The van der Waals surface area contributed by atoms with Crippen LogP contribution in [0.2, 0.25) is 0 Å². The molecule has 7 nitrogen and oxygen atoms in total. The van der Waals surface area contributed by atoms with E-state index in [-0.39, 0.29) is 12.3 Å². The van der Waals surface area contributed by atoms with E-state index in [9.17, 15) is 14.4 Å². The Bertz CT molecular complexity index is 1220. The van der Waals surface area contributed by atoms with Gasteiger partial charge in [-0.3, -0.25) is 19.3 Å². The lowest BCUT2D eigenvalue weighted by Gasteiger charge is -2.20. The number of benzene rings is 2. The van der Waals surface area contributed by atoms with Crippen LogP contribution in [0.4, 0.5) is 0 Å². The monoisotopic (exact) mass is 416 g/mol. The van der Waals surface area contributed by atoms with E-state index < -0.39 is 11.8 Å². The van der Waals surface area contributed by atoms with Crippen molar-refractivity contribution in [2.75, 3.05) is 19.8 Å². The van der Waals surface area contributed by atoms with Gasteiger partial charge in [-0.25, -0.2) is 0 Å². The fourth-order valence-electron chi connectivity index (χ4n) is 4.23. The van der Waals surface area contributed by atoms with E-state index in [4.69, 9.17) is 9.47 Å². The first-order chi connectivity index (χ1) is 15.0. The third-order valence-corrected chi connectivity index (χ3v) is 5.70. The van der Waals surface area contributed by atoms with Crippen molar-refractivity contribution in [2.45, 2.75) is 13.8 Å². The topological polar surface area (TPSA) is 77.8 Å². The second-order valence-corrected chi connectivity index (χ2v) is 7.61. The minimum Gasteiger partial charge on any atom is -0.486 e. The van der Waals surface area contributed by atoms with E-state index in [1.807, 2.05) is 36.6 Å². The third-order valence-electron chi connectivity index (χ3n) is 5.70. The van der Waals surface area contributed by atoms with Crippen molar-refractivity contribution in [2.24, 2.45) is 0 Å². The quantitative estimate of drug-likeness (QED) is 0.482. The summed E-state index contributed by atoms with van der Waals surface area (Å²) in [4.78, 5) is 39.3. The van der Waals surface area contributed by atoms with Gasteiger partial charge in [-0.15, -0.1) is 0 Å². The van der Waals surface area contributed by atoms with Crippen LogP contribution in [0, 0.1) is 13.8 Å². The number of aromatic nitrogens is 1. The number of hydrogen-bond acceptors (Lipinski definition) is 5. The van der Waals surface area contributed by atoms with Crippen LogP contribution in [-0.2, 0) is 0 Å². The molecule has 0 fully saturated rings. The number of fused-ring (bicyclic) bond motifs is 2. The van der Waals surface area contributed by atoms with Gasteiger partial charge in [0.1, 0.15) is 13.2 Å². The summed E-state index contributed by atoms with van der Waals surface area (Å²) < 4.78 is 13.2. The Labute approximate surface area is 178 Å². The fourth-order valence-corrected chi connectivity index (χ4v) is 4.23. The van der Waals surface area contributed by atoms with Crippen molar-refractivity contribution in [3.63, 3.8) is 0 Å². The molecule has 0 spiro atoms. The predicted octanol–water partition coefficient (Wildman–Crippen LogP) is 3.34. The van der Waals surface area contributed by atoms with Crippen LogP contribution < -0.4 is 9.47 Å². The number of imide groups is 1. The van der Waals surface area contributed by atoms with Gasteiger partial charge in [0.2, 0.25) is 0 Å². The van der Waals surface area contributed by atoms with Crippen molar-refractivity contribution in [1.82, 2.24) is 9.47 Å². The molecule has 7 heteroatoms. The van der Waals surface area contributed by atoms with E-state index in [0.717, 1.165) is 22.0 Å².